The summed E-state index contributed by atoms with van der Waals surface area (Å²) in [6.07, 6.45) is -4.01. The zero-order valence-electron chi connectivity index (χ0n) is 14.3. The predicted molar refractivity (Wildman–Crippen MR) is 88.1 cm³/mol. The Morgan fingerprint density at radius 2 is 2.00 bits per heavy atom. The summed E-state index contributed by atoms with van der Waals surface area (Å²) in [6, 6.07) is 4.90. The number of phenolic OH excluding ortho intramolecular Hbond substituents is 1. The second-order valence-corrected chi connectivity index (χ2v) is 6.68. The first-order valence-electron chi connectivity index (χ1n) is 8.16. The highest BCUT2D eigenvalue weighted by Gasteiger charge is 2.32. The van der Waals surface area contributed by atoms with Crippen LogP contribution in [0.4, 0.5) is 13.2 Å². The molecule has 0 bridgehead atoms. The van der Waals surface area contributed by atoms with E-state index in [1.54, 1.807) is 17.0 Å². The average Bonchev–Trinajstić information content (AvgIpc) is 2.85. The first-order valence-corrected chi connectivity index (χ1v) is 8.16. The molecule has 1 aromatic heterocycles. The van der Waals surface area contributed by atoms with E-state index in [9.17, 15) is 23.1 Å². The van der Waals surface area contributed by atoms with Crippen molar-refractivity contribution in [2.24, 2.45) is 5.92 Å². The lowest BCUT2D eigenvalue weighted by atomic mass is 10.0. The number of rotatable bonds is 3. The molecule has 138 valence electrons. The Hall–Kier alpha value is -2.64. The summed E-state index contributed by atoms with van der Waals surface area (Å²) in [6.45, 7) is 4.49. The highest BCUT2D eigenvalue weighted by molar-refractivity contribution is 5.78. The maximum absolute atomic E-state index is 12.8. The van der Waals surface area contributed by atoms with E-state index >= 15 is 0 Å². The number of likely N-dealkylation sites (tertiary alicyclic amines) is 1. The lowest BCUT2D eigenvalue weighted by Crippen LogP contribution is -2.25. The Bertz CT molecular complexity index is 812. The molecule has 1 aromatic carbocycles. The molecule has 3 rings (SSSR count). The van der Waals surface area contributed by atoms with Crippen LogP contribution in [-0.2, 0) is 17.5 Å². The number of benzene rings is 1. The number of carbonyl (C=O) groups is 1. The summed E-state index contributed by atoms with van der Waals surface area (Å²) in [7, 11) is 0. The summed E-state index contributed by atoms with van der Waals surface area (Å²) in [5, 5.41) is 18.1. The standard InChI is InChI=1S/C18H18F3N3O2/c1-10-5-16(26)24(8-10)9-13-3-4-14(23-22-13)17-11(2)6-12(7-15(17)25)18(19,20)21/h3-4,6-7,10,25H,5,8-9H2,1-2H3. The van der Waals surface area contributed by atoms with Crippen LogP contribution in [0.5, 0.6) is 5.75 Å². The van der Waals surface area contributed by atoms with Crippen LogP contribution in [-0.4, -0.2) is 32.7 Å². The van der Waals surface area contributed by atoms with E-state index in [1.165, 1.54) is 6.92 Å². The van der Waals surface area contributed by atoms with Gasteiger partial charge in [-0.15, -0.1) is 0 Å². The third kappa shape index (κ3) is 3.63. The van der Waals surface area contributed by atoms with Crippen molar-refractivity contribution in [3.8, 4) is 17.0 Å². The number of carbonyl (C=O) groups excluding carboxylic acids is 1. The van der Waals surface area contributed by atoms with Gasteiger partial charge in [0.25, 0.3) is 0 Å². The van der Waals surface area contributed by atoms with E-state index in [4.69, 9.17) is 0 Å². The zero-order chi connectivity index (χ0) is 19.1. The van der Waals surface area contributed by atoms with Crippen LogP contribution in [0.2, 0.25) is 0 Å². The number of hydrogen-bond acceptors (Lipinski definition) is 4. The van der Waals surface area contributed by atoms with Crippen molar-refractivity contribution >= 4 is 5.91 Å². The predicted octanol–water partition coefficient (Wildman–Crippen LogP) is 3.54. The molecule has 0 saturated carbocycles. The van der Waals surface area contributed by atoms with Crippen LogP contribution in [0.15, 0.2) is 24.3 Å². The molecule has 0 radical (unpaired) electrons. The minimum Gasteiger partial charge on any atom is -0.507 e. The molecule has 1 unspecified atom stereocenters. The van der Waals surface area contributed by atoms with Gasteiger partial charge in [0.15, 0.2) is 0 Å². The van der Waals surface area contributed by atoms with Crippen molar-refractivity contribution in [1.29, 1.82) is 0 Å². The fourth-order valence-corrected chi connectivity index (χ4v) is 3.16. The lowest BCUT2D eigenvalue weighted by molar-refractivity contribution is -0.137. The molecular weight excluding hydrogens is 347 g/mol. The fraction of sp³-hybridized carbons (Fsp3) is 0.389. The summed E-state index contributed by atoms with van der Waals surface area (Å²) < 4.78 is 38.4. The van der Waals surface area contributed by atoms with Crippen molar-refractivity contribution in [2.45, 2.75) is 33.0 Å². The Kier molecular flexibility index (Phi) is 4.60. The number of hydrogen-bond donors (Lipinski definition) is 1. The number of aromatic hydroxyl groups is 1. The molecule has 1 fully saturated rings. The second kappa shape index (κ2) is 6.59. The summed E-state index contributed by atoms with van der Waals surface area (Å²) in [5.41, 5.74) is 0.409. The van der Waals surface area contributed by atoms with Crippen LogP contribution in [0, 0.1) is 12.8 Å². The molecule has 1 atom stereocenters. The van der Waals surface area contributed by atoms with Gasteiger partial charge in [-0.2, -0.15) is 23.4 Å². The van der Waals surface area contributed by atoms with Gasteiger partial charge in [-0.25, -0.2) is 0 Å². The average molecular weight is 365 g/mol. The monoisotopic (exact) mass is 365 g/mol. The van der Waals surface area contributed by atoms with E-state index in [2.05, 4.69) is 10.2 Å². The van der Waals surface area contributed by atoms with Crippen LogP contribution in [0.3, 0.4) is 0 Å². The van der Waals surface area contributed by atoms with Crippen LogP contribution < -0.4 is 0 Å². The van der Waals surface area contributed by atoms with E-state index in [0.717, 1.165) is 6.07 Å². The van der Waals surface area contributed by atoms with E-state index in [0.29, 0.717) is 37.2 Å². The largest absolute Gasteiger partial charge is 0.507 e. The van der Waals surface area contributed by atoms with Crippen LogP contribution in [0.1, 0.15) is 30.2 Å². The van der Waals surface area contributed by atoms with Crippen molar-refractivity contribution in [2.75, 3.05) is 6.54 Å². The minimum absolute atomic E-state index is 0.0691. The number of alkyl halides is 3. The molecule has 1 saturated heterocycles. The Labute approximate surface area is 148 Å². The fourth-order valence-electron chi connectivity index (χ4n) is 3.16. The van der Waals surface area contributed by atoms with Gasteiger partial charge in [0.05, 0.1) is 23.5 Å². The minimum atomic E-state index is -4.53. The lowest BCUT2D eigenvalue weighted by Gasteiger charge is -2.16. The van der Waals surface area contributed by atoms with Crippen molar-refractivity contribution in [3.63, 3.8) is 0 Å². The molecule has 1 amide bonds. The SMILES string of the molecule is Cc1cc(C(F)(F)F)cc(O)c1-c1ccc(CN2CC(C)CC2=O)nn1. The van der Waals surface area contributed by atoms with E-state index < -0.39 is 17.5 Å². The van der Waals surface area contributed by atoms with Crippen molar-refractivity contribution < 1.29 is 23.1 Å². The second-order valence-electron chi connectivity index (χ2n) is 6.68. The highest BCUT2D eigenvalue weighted by Crippen LogP contribution is 2.38. The Morgan fingerprint density at radius 1 is 1.27 bits per heavy atom. The Balaban J connectivity index is 1.84. The molecule has 2 heterocycles. The molecule has 0 spiro atoms. The zero-order valence-corrected chi connectivity index (χ0v) is 14.3. The van der Waals surface area contributed by atoms with Gasteiger partial charge in [-0.3, -0.25) is 4.79 Å². The third-order valence-corrected chi connectivity index (χ3v) is 4.38. The van der Waals surface area contributed by atoms with Gasteiger partial charge in [-0.05, 0) is 42.7 Å². The van der Waals surface area contributed by atoms with Gasteiger partial charge in [0.1, 0.15) is 5.75 Å². The van der Waals surface area contributed by atoms with Crippen LogP contribution in [0.25, 0.3) is 11.3 Å². The van der Waals surface area contributed by atoms with Gasteiger partial charge >= 0.3 is 6.18 Å². The maximum Gasteiger partial charge on any atom is 0.416 e. The number of amides is 1. The molecule has 2 aromatic rings. The Morgan fingerprint density at radius 3 is 2.50 bits per heavy atom. The van der Waals surface area contributed by atoms with Gasteiger partial charge < -0.3 is 10.0 Å². The first-order chi connectivity index (χ1) is 12.1. The number of nitrogens with zero attached hydrogens (tertiary/aromatic N) is 3. The normalized spacial score (nSPS) is 17.8. The molecule has 8 heteroatoms. The first kappa shape index (κ1) is 18.2. The van der Waals surface area contributed by atoms with Gasteiger partial charge in [0.2, 0.25) is 5.91 Å². The molecule has 0 aliphatic carbocycles. The molecular formula is C18H18F3N3O2. The van der Waals surface area contributed by atoms with E-state index in [-0.39, 0.29) is 22.7 Å². The summed E-state index contributed by atoms with van der Waals surface area (Å²) in [5.74, 6) is -0.121. The number of aromatic nitrogens is 2. The van der Waals surface area contributed by atoms with Crippen molar-refractivity contribution in [1.82, 2.24) is 15.1 Å². The molecule has 5 nitrogen and oxygen atoms in total. The van der Waals surface area contributed by atoms with E-state index in [1.807, 2.05) is 6.92 Å². The third-order valence-electron chi connectivity index (χ3n) is 4.38. The molecule has 1 aliphatic heterocycles. The summed E-state index contributed by atoms with van der Waals surface area (Å²) >= 11 is 0. The smallest absolute Gasteiger partial charge is 0.416 e. The molecule has 1 aliphatic rings. The highest BCUT2D eigenvalue weighted by atomic mass is 19.4. The maximum atomic E-state index is 12.8. The summed E-state index contributed by atoms with van der Waals surface area (Å²) in [4.78, 5) is 13.5. The topological polar surface area (TPSA) is 66.3 Å². The van der Waals surface area contributed by atoms with Gasteiger partial charge in [0, 0.05) is 18.5 Å². The number of aryl methyl sites for hydroxylation is 1. The number of halogens is 3. The number of phenols is 1. The molecule has 1 N–H and O–H groups in total. The quantitative estimate of drug-likeness (QED) is 0.903. The van der Waals surface area contributed by atoms with Gasteiger partial charge in [-0.1, -0.05) is 6.92 Å². The molecule has 26 heavy (non-hydrogen) atoms. The van der Waals surface area contributed by atoms with Crippen LogP contribution >= 0.6 is 0 Å². The van der Waals surface area contributed by atoms with Crippen molar-refractivity contribution in [3.05, 3.63) is 41.1 Å².